The first-order valence-electron chi connectivity index (χ1n) is 10.9. The van der Waals surface area contributed by atoms with Gasteiger partial charge in [-0.3, -0.25) is 9.59 Å². The Morgan fingerprint density at radius 1 is 1.12 bits per heavy atom. The Morgan fingerprint density at radius 3 is 2.55 bits per heavy atom. The molecule has 2 aromatic carbocycles. The second-order valence-corrected chi connectivity index (χ2v) is 9.33. The highest BCUT2D eigenvalue weighted by atomic mass is 35.5. The summed E-state index contributed by atoms with van der Waals surface area (Å²) < 4.78 is 19.2. The number of hydrogen-bond donors (Lipinski definition) is 0. The van der Waals surface area contributed by atoms with Crippen molar-refractivity contribution in [3.8, 4) is 5.75 Å². The monoisotopic (exact) mass is 466 g/mol. The number of ether oxygens (including phenoxy) is 1. The molecule has 2 aliphatic heterocycles. The van der Waals surface area contributed by atoms with Gasteiger partial charge in [-0.25, -0.2) is 9.29 Å². The van der Waals surface area contributed by atoms with Crippen LogP contribution in [0.1, 0.15) is 12.0 Å². The van der Waals surface area contributed by atoms with Crippen LogP contribution in [0.15, 0.2) is 60.3 Å². The lowest BCUT2D eigenvalue weighted by Gasteiger charge is -2.29. The van der Waals surface area contributed by atoms with Gasteiger partial charge in [-0.05, 0) is 54.8 Å². The van der Waals surface area contributed by atoms with Gasteiger partial charge in [0.15, 0.2) is 0 Å². The molecule has 6 nitrogen and oxygen atoms in total. The average molecular weight is 467 g/mol. The first-order valence-corrected chi connectivity index (χ1v) is 11.3. The number of carbonyl (C=O) groups excluding carboxylic acids is 2. The van der Waals surface area contributed by atoms with E-state index in [9.17, 15) is 14.0 Å². The number of rotatable bonds is 5. The zero-order valence-corrected chi connectivity index (χ0v) is 18.2. The van der Waals surface area contributed by atoms with E-state index in [0.717, 1.165) is 23.4 Å². The number of anilines is 1. The fraction of sp³-hybridized carbons (Fsp3) is 0.320. The Hall–Kier alpha value is -3.19. The molecule has 2 saturated carbocycles. The Morgan fingerprint density at radius 2 is 1.85 bits per heavy atom. The minimum atomic E-state index is -0.593. The maximum atomic E-state index is 13.6. The molecule has 8 heteroatoms. The van der Waals surface area contributed by atoms with Crippen LogP contribution < -0.4 is 9.64 Å². The van der Waals surface area contributed by atoms with Gasteiger partial charge in [-0.1, -0.05) is 29.4 Å². The summed E-state index contributed by atoms with van der Waals surface area (Å²) >= 11 is 5.91. The third-order valence-electron chi connectivity index (χ3n) is 7.37. The second-order valence-electron chi connectivity index (χ2n) is 8.92. The van der Waals surface area contributed by atoms with Crippen LogP contribution in [0.25, 0.3) is 0 Å². The molecule has 2 aliphatic carbocycles. The van der Waals surface area contributed by atoms with Gasteiger partial charge in [0, 0.05) is 17.4 Å². The van der Waals surface area contributed by atoms with Gasteiger partial charge in [-0.2, -0.15) is 0 Å². The van der Waals surface area contributed by atoms with Crippen molar-refractivity contribution in [1.82, 2.24) is 0 Å². The van der Waals surface area contributed by atoms with Crippen molar-refractivity contribution in [1.29, 1.82) is 0 Å². The molecule has 4 aliphatic rings. The van der Waals surface area contributed by atoms with E-state index in [0.29, 0.717) is 12.3 Å². The lowest BCUT2D eigenvalue weighted by molar-refractivity contribution is -0.125. The number of fused-ring (bicyclic) bond motifs is 8. The number of carbonyl (C=O) groups is 2. The topological polar surface area (TPSA) is 68.2 Å². The smallest absolute Gasteiger partial charge is 0.238 e. The molecule has 6 rings (SSSR count). The van der Waals surface area contributed by atoms with Gasteiger partial charge >= 0.3 is 0 Å². The van der Waals surface area contributed by atoms with Crippen molar-refractivity contribution < 1.29 is 23.6 Å². The van der Waals surface area contributed by atoms with Crippen LogP contribution in [-0.2, 0) is 14.4 Å². The number of benzene rings is 2. The molecule has 2 heterocycles. The summed E-state index contributed by atoms with van der Waals surface area (Å²) in [6.07, 6.45) is 2.21. The lowest BCUT2D eigenvalue weighted by Crippen LogP contribution is -2.41. The molecule has 33 heavy (non-hydrogen) atoms. The van der Waals surface area contributed by atoms with Crippen molar-refractivity contribution >= 4 is 34.8 Å². The standard InChI is InChI=1S/C25H20ClFN2O4/c1-2-9-32-14-6-3-12(4-7-14)22-21-15-11-16(23(21)33-28-22)20-19(15)24(30)29(25(20)31)13-5-8-18(27)17(26)10-13/h2-8,10,15-16,19-21,23H,1,9,11H2. The second kappa shape index (κ2) is 7.42. The van der Waals surface area contributed by atoms with Crippen LogP contribution >= 0.6 is 11.6 Å². The highest BCUT2D eigenvalue weighted by Gasteiger charge is 2.70. The molecule has 2 aromatic rings. The SMILES string of the molecule is C=CCOc1ccc(C2=NOC3C4CC(C23)C2C(=O)N(c3ccc(F)c(Cl)c3)C(=O)C42)cc1. The van der Waals surface area contributed by atoms with Crippen LogP contribution in [0.3, 0.4) is 0 Å². The van der Waals surface area contributed by atoms with Gasteiger partial charge < -0.3 is 9.57 Å². The number of oxime groups is 1. The van der Waals surface area contributed by atoms with Crippen molar-refractivity contribution in [2.45, 2.75) is 12.5 Å². The van der Waals surface area contributed by atoms with Crippen molar-refractivity contribution in [2.75, 3.05) is 11.5 Å². The average Bonchev–Trinajstić information content (AvgIpc) is 3.55. The largest absolute Gasteiger partial charge is 0.490 e. The van der Waals surface area contributed by atoms with E-state index in [1.807, 2.05) is 24.3 Å². The van der Waals surface area contributed by atoms with Crippen molar-refractivity contribution in [3.05, 3.63) is 71.5 Å². The fourth-order valence-electron chi connectivity index (χ4n) is 6.12. The maximum Gasteiger partial charge on any atom is 0.238 e. The highest BCUT2D eigenvalue weighted by Crippen LogP contribution is 2.62. The summed E-state index contributed by atoms with van der Waals surface area (Å²) in [7, 11) is 0. The Bertz CT molecular complexity index is 1210. The summed E-state index contributed by atoms with van der Waals surface area (Å²) in [5.41, 5.74) is 2.03. The number of halogens is 2. The fourth-order valence-corrected chi connectivity index (χ4v) is 6.29. The van der Waals surface area contributed by atoms with E-state index < -0.39 is 17.7 Å². The summed E-state index contributed by atoms with van der Waals surface area (Å²) in [5.74, 6) is -1.44. The number of imide groups is 1. The Kier molecular flexibility index (Phi) is 4.59. The predicted octanol–water partition coefficient (Wildman–Crippen LogP) is 4.22. The van der Waals surface area contributed by atoms with Crippen LogP contribution in [0.5, 0.6) is 5.75 Å². The van der Waals surface area contributed by atoms with E-state index in [1.54, 1.807) is 6.08 Å². The molecule has 0 N–H and O–H groups in total. The van der Waals surface area contributed by atoms with Crippen LogP contribution in [0, 0.1) is 35.4 Å². The Balaban J connectivity index is 1.28. The summed E-state index contributed by atoms with van der Waals surface area (Å²) in [6, 6.07) is 11.5. The van der Waals surface area contributed by atoms with Gasteiger partial charge in [0.2, 0.25) is 11.8 Å². The predicted molar refractivity (Wildman–Crippen MR) is 120 cm³/mol. The highest BCUT2D eigenvalue weighted by molar-refractivity contribution is 6.31. The van der Waals surface area contributed by atoms with E-state index in [-0.39, 0.29) is 40.7 Å². The lowest BCUT2D eigenvalue weighted by atomic mass is 9.71. The molecule has 2 bridgehead atoms. The molecule has 3 fully saturated rings. The molecule has 2 amide bonds. The molecule has 6 atom stereocenters. The van der Waals surface area contributed by atoms with Crippen LogP contribution in [0.4, 0.5) is 10.1 Å². The van der Waals surface area contributed by atoms with E-state index in [1.165, 1.54) is 23.1 Å². The van der Waals surface area contributed by atoms with Gasteiger partial charge in [0.25, 0.3) is 0 Å². The molecule has 0 aromatic heterocycles. The molecule has 0 radical (unpaired) electrons. The Labute approximate surface area is 194 Å². The van der Waals surface area contributed by atoms with Gasteiger partial charge in [-0.15, -0.1) is 0 Å². The molecule has 0 spiro atoms. The van der Waals surface area contributed by atoms with Crippen LogP contribution in [-0.4, -0.2) is 30.2 Å². The molecular formula is C25H20ClFN2O4. The third kappa shape index (κ3) is 2.88. The first-order chi connectivity index (χ1) is 16.0. The van der Waals surface area contributed by atoms with Gasteiger partial charge in [0.1, 0.15) is 24.3 Å². The summed E-state index contributed by atoms with van der Waals surface area (Å²) in [5, 5.41) is 4.24. The minimum Gasteiger partial charge on any atom is -0.490 e. The van der Waals surface area contributed by atoms with Gasteiger partial charge in [0.05, 0.1) is 28.3 Å². The maximum absolute atomic E-state index is 13.6. The zero-order valence-electron chi connectivity index (χ0n) is 17.5. The summed E-state index contributed by atoms with van der Waals surface area (Å²) in [4.78, 5) is 33.7. The quantitative estimate of drug-likeness (QED) is 0.489. The molecule has 168 valence electrons. The third-order valence-corrected chi connectivity index (χ3v) is 7.66. The normalized spacial score (nSPS) is 31.3. The van der Waals surface area contributed by atoms with Crippen LogP contribution in [0.2, 0.25) is 5.02 Å². The number of nitrogens with zero attached hydrogens (tertiary/aromatic N) is 2. The first kappa shape index (κ1) is 20.4. The zero-order chi connectivity index (χ0) is 22.9. The number of hydrogen-bond acceptors (Lipinski definition) is 5. The molecular weight excluding hydrogens is 447 g/mol. The molecule has 6 unspecified atom stereocenters. The van der Waals surface area contributed by atoms with Crippen molar-refractivity contribution in [2.24, 2.45) is 34.7 Å². The van der Waals surface area contributed by atoms with Crippen molar-refractivity contribution in [3.63, 3.8) is 0 Å². The molecule has 1 saturated heterocycles. The van der Waals surface area contributed by atoms with E-state index >= 15 is 0 Å². The summed E-state index contributed by atoms with van der Waals surface area (Å²) in [6.45, 7) is 4.07. The van der Waals surface area contributed by atoms with E-state index in [4.69, 9.17) is 21.2 Å². The minimum absolute atomic E-state index is 0.0414. The van der Waals surface area contributed by atoms with E-state index in [2.05, 4.69) is 11.7 Å². The number of amides is 2.